The molecule has 1 aliphatic rings. The minimum absolute atomic E-state index is 0.230. The van der Waals surface area contributed by atoms with Gasteiger partial charge in [0.25, 0.3) is 5.91 Å². The topological polar surface area (TPSA) is 78.5 Å². The van der Waals surface area contributed by atoms with E-state index in [2.05, 4.69) is 26.6 Å². The monoisotopic (exact) mass is 443 g/mol. The molecule has 1 atom stereocenters. The Balaban J connectivity index is 1.77. The van der Waals surface area contributed by atoms with Gasteiger partial charge in [-0.3, -0.25) is 14.5 Å². The molecule has 2 N–H and O–H groups in total. The Hall–Kier alpha value is -2.67. The van der Waals surface area contributed by atoms with Crippen molar-refractivity contribution in [1.82, 2.24) is 10.2 Å². The Labute approximate surface area is 172 Å². The number of imide groups is 1. The molecule has 28 heavy (non-hydrogen) atoms. The van der Waals surface area contributed by atoms with Crippen LogP contribution in [-0.2, 0) is 15.1 Å². The molecule has 6 nitrogen and oxygen atoms in total. The summed E-state index contributed by atoms with van der Waals surface area (Å²) in [5.41, 5.74) is 1.11. The number of nitrogens with zero attached hydrogens (tertiary/aromatic N) is 1. The predicted molar refractivity (Wildman–Crippen MR) is 111 cm³/mol. The van der Waals surface area contributed by atoms with Crippen LogP contribution < -0.4 is 10.6 Å². The fourth-order valence-electron chi connectivity index (χ4n) is 3.28. The van der Waals surface area contributed by atoms with Gasteiger partial charge in [0, 0.05) is 10.2 Å². The van der Waals surface area contributed by atoms with E-state index >= 15 is 0 Å². The fourth-order valence-corrected chi connectivity index (χ4v) is 3.68. The molecule has 0 saturated carbocycles. The minimum atomic E-state index is -1.21. The van der Waals surface area contributed by atoms with Gasteiger partial charge >= 0.3 is 6.03 Å². The highest BCUT2D eigenvalue weighted by Gasteiger charge is 2.49. The Morgan fingerprint density at radius 1 is 1.18 bits per heavy atom. The van der Waals surface area contributed by atoms with Crippen molar-refractivity contribution in [1.29, 1.82) is 0 Å². The van der Waals surface area contributed by atoms with Crippen molar-refractivity contribution in [2.24, 2.45) is 0 Å². The molecule has 0 bridgehead atoms. The van der Waals surface area contributed by atoms with Crippen molar-refractivity contribution in [2.75, 3.05) is 11.9 Å². The maximum absolute atomic E-state index is 13.0. The lowest BCUT2D eigenvalue weighted by Gasteiger charge is -2.22. The van der Waals surface area contributed by atoms with Crippen LogP contribution in [0.3, 0.4) is 0 Å². The lowest BCUT2D eigenvalue weighted by atomic mass is 9.92. The highest BCUT2D eigenvalue weighted by Crippen LogP contribution is 2.30. The van der Waals surface area contributed by atoms with Gasteiger partial charge in [0.05, 0.1) is 0 Å². The van der Waals surface area contributed by atoms with Crippen LogP contribution in [0.25, 0.3) is 0 Å². The first-order valence-electron chi connectivity index (χ1n) is 9.01. The molecule has 4 amide bonds. The number of carbonyl (C=O) groups is 3. The van der Waals surface area contributed by atoms with E-state index in [1.54, 1.807) is 25.1 Å². The number of hydrogen-bond acceptors (Lipinski definition) is 3. The number of rotatable bonds is 5. The van der Waals surface area contributed by atoms with Crippen molar-refractivity contribution in [3.63, 3.8) is 0 Å². The van der Waals surface area contributed by atoms with E-state index in [1.165, 1.54) is 0 Å². The Bertz CT molecular complexity index is 944. The zero-order valence-corrected chi connectivity index (χ0v) is 17.5. The number of nitrogens with one attached hydrogen (secondary N) is 2. The van der Waals surface area contributed by atoms with E-state index in [4.69, 9.17) is 0 Å². The van der Waals surface area contributed by atoms with Crippen LogP contribution in [0.1, 0.15) is 37.8 Å². The summed E-state index contributed by atoms with van der Waals surface area (Å²) < 4.78 is 0.801. The van der Waals surface area contributed by atoms with Crippen molar-refractivity contribution in [3.8, 4) is 0 Å². The molecule has 1 aliphatic heterocycles. The van der Waals surface area contributed by atoms with Crippen LogP contribution in [-0.4, -0.2) is 29.3 Å². The van der Waals surface area contributed by atoms with E-state index in [-0.39, 0.29) is 12.5 Å². The zero-order chi connectivity index (χ0) is 20.5. The van der Waals surface area contributed by atoms with Crippen LogP contribution in [0.15, 0.2) is 53.0 Å². The van der Waals surface area contributed by atoms with E-state index in [1.807, 2.05) is 44.2 Å². The molecule has 0 aromatic heterocycles. The molecule has 1 heterocycles. The van der Waals surface area contributed by atoms with Crippen LogP contribution >= 0.6 is 15.9 Å². The number of hydrogen-bond donors (Lipinski definition) is 2. The summed E-state index contributed by atoms with van der Waals surface area (Å²) in [4.78, 5) is 38.9. The lowest BCUT2D eigenvalue weighted by Crippen LogP contribution is -2.42. The van der Waals surface area contributed by atoms with Gasteiger partial charge in [0.2, 0.25) is 5.91 Å². The van der Waals surface area contributed by atoms with Crippen LogP contribution in [0.2, 0.25) is 0 Å². The van der Waals surface area contributed by atoms with Gasteiger partial charge in [0.1, 0.15) is 12.1 Å². The quantitative estimate of drug-likeness (QED) is 0.685. The average molecular weight is 444 g/mol. The first-order valence-corrected chi connectivity index (χ1v) is 9.80. The summed E-state index contributed by atoms with van der Waals surface area (Å²) in [6, 6.07) is 14.1. The van der Waals surface area contributed by atoms with Gasteiger partial charge in [0.15, 0.2) is 0 Å². The molecule has 2 aromatic carbocycles. The van der Waals surface area contributed by atoms with Gasteiger partial charge in [-0.15, -0.1) is 0 Å². The second kappa shape index (κ2) is 7.75. The first-order chi connectivity index (χ1) is 13.2. The number of anilines is 1. The molecular weight excluding hydrogens is 422 g/mol. The number of urea groups is 1. The normalized spacial score (nSPS) is 19.1. The van der Waals surface area contributed by atoms with E-state index in [0.29, 0.717) is 11.3 Å². The molecule has 0 spiro atoms. The second-order valence-corrected chi connectivity index (χ2v) is 8.16. The number of para-hydroxylation sites is 1. The SMILES string of the molecule is CC(C)c1ccccc1NC(=O)CN1C(=O)N[C@@](C)(c2cccc(Br)c2)C1=O. The molecule has 0 unspecified atom stereocenters. The molecule has 0 radical (unpaired) electrons. The molecule has 7 heteroatoms. The third kappa shape index (κ3) is 3.80. The molecule has 1 saturated heterocycles. The van der Waals surface area contributed by atoms with Crippen LogP contribution in [0, 0.1) is 0 Å². The maximum Gasteiger partial charge on any atom is 0.325 e. The Morgan fingerprint density at radius 3 is 2.57 bits per heavy atom. The summed E-state index contributed by atoms with van der Waals surface area (Å²) in [6.45, 7) is 5.36. The maximum atomic E-state index is 13.0. The predicted octanol–water partition coefficient (Wildman–Crippen LogP) is 3.98. The fraction of sp³-hybridized carbons (Fsp3) is 0.286. The minimum Gasteiger partial charge on any atom is -0.324 e. The van der Waals surface area contributed by atoms with Gasteiger partial charge in [-0.1, -0.05) is 60.1 Å². The third-order valence-corrected chi connectivity index (χ3v) is 5.33. The van der Waals surface area contributed by atoms with E-state index in [9.17, 15) is 14.4 Å². The van der Waals surface area contributed by atoms with E-state index in [0.717, 1.165) is 14.9 Å². The highest BCUT2D eigenvalue weighted by molar-refractivity contribution is 9.10. The summed E-state index contributed by atoms with van der Waals surface area (Å²) >= 11 is 3.38. The summed E-state index contributed by atoms with van der Waals surface area (Å²) in [5, 5.41) is 5.52. The average Bonchev–Trinajstić information content (AvgIpc) is 2.86. The van der Waals surface area contributed by atoms with Crippen molar-refractivity contribution >= 4 is 39.5 Å². The molecular formula is C21H22BrN3O3. The summed E-state index contributed by atoms with van der Waals surface area (Å²) in [6.07, 6.45) is 0. The second-order valence-electron chi connectivity index (χ2n) is 7.25. The number of benzene rings is 2. The number of carbonyl (C=O) groups excluding carboxylic acids is 3. The summed E-state index contributed by atoms with van der Waals surface area (Å²) in [5.74, 6) is -0.647. The van der Waals surface area contributed by atoms with Crippen molar-refractivity contribution < 1.29 is 14.4 Å². The van der Waals surface area contributed by atoms with Crippen molar-refractivity contribution in [2.45, 2.75) is 32.2 Å². The zero-order valence-electron chi connectivity index (χ0n) is 16.0. The first kappa shape index (κ1) is 20.1. The van der Waals surface area contributed by atoms with Crippen LogP contribution in [0.4, 0.5) is 10.5 Å². The van der Waals surface area contributed by atoms with Gasteiger partial charge in [-0.05, 0) is 42.2 Å². The van der Waals surface area contributed by atoms with Gasteiger partial charge in [-0.2, -0.15) is 0 Å². The van der Waals surface area contributed by atoms with Gasteiger partial charge in [-0.25, -0.2) is 4.79 Å². The van der Waals surface area contributed by atoms with Crippen LogP contribution in [0.5, 0.6) is 0 Å². The van der Waals surface area contributed by atoms with E-state index < -0.39 is 23.4 Å². The number of amides is 4. The highest BCUT2D eigenvalue weighted by atomic mass is 79.9. The number of halogens is 1. The largest absolute Gasteiger partial charge is 0.325 e. The Morgan fingerprint density at radius 2 is 1.89 bits per heavy atom. The molecule has 1 fully saturated rings. The van der Waals surface area contributed by atoms with Gasteiger partial charge < -0.3 is 10.6 Å². The lowest BCUT2D eigenvalue weighted by molar-refractivity contribution is -0.133. The van der Waals surface area contributed by atoms with Crippen molar-refractivity contribution in [3.05, 3.63) is 64.1 Å². The summed E-state index contributed by atoms with van der Waals surface area (Å²) in [7, 11) is 0. The molecule has 0 aliphatic carbocycles. The standard InChI is InChI=1S/C21H22BrN3O3/c1-13(2)16-9-4-5-10-17(16)23-18(26)12-25-19(27)21(3,24-20(25)28)14-7-6-8-15(22)11-14/h4-11,13H,12H2,1-3H3,(H,23,26)(H,24,28)/t21-/m0/s1. The smallest absolute Gasteiger partial charge is 0.324 e. The molecule has 3 rings (SSSR count). The Kier molecular flexibility index (Phi) is 5.56. The molecule has 146 valence electrons. The third-order valence-electron chi connectivity index (χ3n) is 4.84. The molecule has 2 aromatic rings.